The zero-order chi connectivity index (χ0) is 19.0. The van der Waals surface area contributed by atoms with Crippen LogP contribution in [0.25, 0.3) is 0 Å². The molecule has 148 valence electrons. The van der Waals surface area contributed by atoms with E-state index in [2.05, 4.69) is 14.9 Å². The third-order valence-corrected chi connectivity index (χ3v) is 5.38. The van der Waals surface area contributed by atoms with Gasteiger partial charge < -0.3 is 14.4 Å². The lowest BCUT2D eigenvalue weighted by molar-refractivity contribution is 0.0237. The van der Waals surface area contributed by atoms with Crippen molar-refractivity contribution in [2.45, 2.75) is 70.1 Å². The maximum absolute atomic E-state index is 12.5. The highest BCUT2D eigenvalue weighted by Gasteiger charge is 2.38. The van der Waals surface area contributed by atoms with Crippen molar-refractivity contribution in [2.75, 3.05) is 26.2 Å². The zero-order valence-corrected chi connectivity index (χ0v) is 16.6. The number of carbonyl (C=O) groups is 1. The number of rotatable bonds is 3. The zero-order valence-electron chi connectivity index (χ0n) is 16.6. The lowest BCUT2D eigenvalue weighted by atomic mass is 10.2. The maximum Gasteiger partial charge on any atom is 0.410 e. The molecule has 2 aliphatic heterocycles. The Morgan fingerprint density at radius 2 is 1.96 bits per heavy atom. The Bertz CT molecular complexity index is 669. The van der Waals surface area contributed by atoms with Crippen LogP contribution in [0.1, 0.15) is 58.1 Å². The Morgan fingerprint density at radius 1 is 1.15 bits per heavy atom. The summed E-state index contributed by atoms with van der Waals surface area (Å²) >= 11 is 0. The number of hydrogen-bond donors (Lipinski definition) is 0. The van der Waals surface area contributed by atoms with Gasteiger partial charge in [0.25, 0.3) is 0 Å². The number of amides is 1. The molecule has 7 heteroatoms. The summed E-state index contributed by atoms with van der Waals surface area (Å²) in [7, 11) is 0. The molecular weight excluding hydrogens is 344 g/mol. The van der Waals surface area contributed by atoms with Crippen LogP contribution in [-0.4, -0.2) is 69.8 Å². The van der Waals surface area contributed by atoms with Crippen molar-refractivity contribution in [1.82, 2.24) is 19.8 Å². The summed E-state index contributed by atoms with van der Waals surface area (Å²) in [5, 5.41) is 0. The Labute approximate surface area is 161 Å². The molecule has 7 nitrogen and oxygen atoms in total. The molecule has 3 heterocycles. The normalized spacial score (nSPS) is 26.4. The molecule has 4 rings (SSSR count). The van der Waals surface area contributed by atoms with E-state index < -0.39 is 5.60 Å². The molecule has 0 radical (unpaired) electrons. The van der Waals surface area contributed by atoms with E-state index in [1.165, 1.54) is 12.8 Å². The number of nitrogens with zero attached hydrogens (tertiary/aromatic N) is 4. The first-order valence-electron chi connectivity index (χ1n) is 10.1. The molecule has 1 amide bonds. The minimum Gasteiger partial charge on any atom is -0.472 e. The van der Waals surface area contributed by atoms with Crippen LogP contribution >= 0.6 is 0 Å². The van der Waals surface area contributed by atoms with Gasteiger partial charge in [-0.15, -0.1) is 0 Å². The summed E-state index contributed by atoms with van der Waals surface area (Å²) in [6.07, 6.45) is 7.79. The van der Waals surface area contributed by atoms with Gasteiger partial charge in [0.2, 0.25) is 5.88 Å². The number of fused-ring (bicyclic) bond motifs is 1. The SMILES string of the molecule is CC(C)(C)OC(=O)N1CCCN2C[C@H](Oc3cnc(C4CC4)cn3)C[C@H]2C1. The number of hydrogen-bond acceptors (Lipinski definition) is 6. The first kappa shape index (κ1) is 18.5. The summed E-state index contributed by atoms with van der Waals surface area (Å²) in [6.45, 7) is 9.02. The highest BCUT2D eigenvalue weighted by Crippen LogP contribution is 2.38. The summed E-state index contributed by atoms with van der Waals surface area (Å²) in [5.41, 5.74) is 0.617. The molecule has 1 aromatic heterocycles. The number of aromatic nitrogens is 2. The van der Waals surface area contributed by atoms with E-state index in [-0.39, 0.29) is 12.2 Å². The maximum atomic E-state index is 12.5. The van der Waals surface area contributed by atoms with Gasteiger partial charge in [-0.05, 0) is 40.0 Å². The van der Waals surface area contributed by atoms with Crippen LogP contribution in [0.5, 0.6) is 5.88 Å². The van der Waals surface area contributed by atoms with Crippen molar-refractivity contribution >= 4 is 6.09 Å². The van der Waals surface area contributed by atoms with Crippen molar-refractivity contribution in [3.8, 4) is 5.88 Å². The summed E-state index contributed by atoms with van der Waals surface area (Å²) in [5.74, 6) is 1.21. The Balaban J connectivity index is 1.33. The van der Waals surface area contributed by atoms with Crippen molar-refractivity contribution in [1.29, 1.82) is 0 Å². The molecule has 27 heavy (non-hydrogen) atoms. The monoisotopic (exact) mass is 374 g/mol. The molecule has 1 saturated carbocycles. The molecule has 3 fully saturated rings. The fraction of sp³-hybridized carbons (Fsp3) is 0.750. The minimum absolute atomic E-state index is 0.0923. The minimum atomic E-state index is -0.463. The van der Waals surface area contributed by atoms with Crippen molar-refractivity contribution in [3.05, 3.63) is 18.1 Å². The van der Waals surface area contributed by atoms with Gasteiger partial charge in [0.15, 0.2) is 0 Å². The highest BCUT2D eigenvalue weighted by atomic mass is 16.6. The average molecular weight is 374 g/mol. The number of ether oxygens (including phenoxy) is 2. The predicted molar refractivity (Wildman–Crippen MR) is 101 cm³/mol. The molecule has 1 aliphatic carbocycles. The fourth-order valence-electron chi connectivity index (χ4n) is 3.94. The van der Waals surface area contributed by atoms with E-state index in [0.717, 1.165) is 38.2 Å². The molecular formula is C20H30N4O3. The van der Waals surface area contributed by atoms with Gasteiger partial charge in [0.05, 0.1) is 18.1 Å². The molecule has 0 aromatic carbocycles. The molecule has 0 unspecified atom stereocenters. The van der Waals surface area contributed by atoms with Crippen molar-refractivity contribution in [3.63, 3.8) is 0 Å². The van der Waals surface area contributed by atoms with Gasteiger partial charge in [-0.25, -0.2) is 9.78 Å². The fourth-order valence-corrected chi connectivity index (χ4v) is 3.94. The standard InChI is InChI=1S/C20H30N4O3/c1-20(2,3)27-19(25)24-8-4-7-23-13-16(9-15(23)12-24)26-18-11-21-17(10-22-18)14-5-6-14/h10-11,14-16H,4-9,12-13H2,1-3H3/t15-,16+/m0/s1. The molecule has 0 spiro atoms. The molecule has 0 N–H and O–H groups in total. The van der Waals surface area contributed by atoms with E-state index in [4.69, 9.17) is 9.47 Å². The van der Waals surface area contributed by atoms with Gasteiger partial charge >= 0.3 is 6.09 Å². The summed E-state index contributed by atoms with van der Waals surface area (Å²) in [6, 6.07) is 0.309. The van der Waals surface area contributed by atoms with E-state index in [0.29, 0.717) is 24.4 Å². The molecule has 3 aliphatic rings. The van der Waals surface area contributed by atoms with E-state index >= 15 is 0 Å². The first-order chi connectivity index (χ1) is 12.9. The molecule has 2 saturated heterocycles. The van der Waals surface area contributed by atoms with Crippen LogP contribution in [0.3, 0.4) is 0 Å². The van der Waals surface area contributed by atoms with Crippen LogP contribution in [0.4, 0.5) is 4.79 Å². The van der Waals surface area contributed by atoms with Gasteiger partial charge in [0, 0.05) is 44.6 Å². The molecule has 1 aromatic rings. The highest BCUT2D eigenvalue weighted by molar-refractivity contribution is 5.68. The second-order valence-electron chi connectivity index (χ2n) is 8.96. The Kier molecular flexibility index (Phi) is 4.97. The van der Waals surface area contributed by atoms with Crippen LogP contribution in [0.2, 0.25) is 0 Å². The first-order valence-corrected chi connectivity index (χ1v) is 10.1. The van der Waals surface area contributed by atoms with Gasteiger partial charge in [-0.2, -0.15) is 0 Å². The predicted octanol–water partition coefficient (Wildman–Crippen LogP) is 2.82. The lowest BCUT2D eigenvalue weighted by Crippen LogP contribution is -2.42. The smallest absolute Gasteiger partial charge is 0.410 e. The van der Waals surface area contributed by atoms with E-state index in [1.54, 1.807) is 6.20 Å². The Hall–Kier alpha value is -1.89. The lowest BCUT2D eigenvalue weighted by Gasteiger charge is -2.28. The Morgan fingerprint density at radius 3 is 2.63 bits per heavy atom. The second kappa shape index (κ2) is 7.26. The van der Waals surface area contributed by atoms with Gasteiger partial charge in [0.1, 0.15) is 11.7 Å². The van der Waals surface area contributed by atoms with Crippen LogP contribution in [0, 0.1) is 0 Å². The number of carbonyl (C=O) groups excluding carboxylic acids is 1. The van der Waals surface area contributed by atoms with Crippen LogP contribution in [-0.2, 0) is 4.74 Å². The van der Waals surface area contributed by atoms with Crippen LogP contribution in [0.15, 0.2) is 12.4 Å². The molecule has 0 bridgehead atoms. The van der Waals surface area contributed by atoms with Crippen molar-refractivity contribution < 1.29 is 14.3 Å². The van der Waals surface area contributed by atoms with Crippen LogP contribution < -0.4 is 4.74 Å². The molecule has 2 atom stereocenters. The third-order valence-electron chi connectivity index (χ3n) is 5.38. The van der Waals surface area contributed by atoms with Crippen molar-refractivity contribution in [2.24, 2.45) is 0 Å². The second-order valence-corrected chi connectivity index (χ2v) is 8.96. The average Bonchev–Trinajstić information content (AvgIpc) is 3.39. The largest absolute Gasteiger partial charge is 0.472 e. The summed E-state index contributed by atoms with van der Waals surface area (Å²) in [4.78, 5) is 25.7. The topological polar surface area (TPSA) is 67.8 Å². The quantitative estimate of drug-likeness (QED) is 0.810. The van der Waals surface area contributed by atoms with Gasteiger partial charge in [-0.3, -0.25) is 9.88 Å². The third kappa shape index (κ3) is 4.69. The van der Waals surface area contributed by atoms with Gasteiger partial charge in [-0.1, -0.05) is 0 Å². The summed E-state index contributed by atoms with van der Waals surface area (Å²) < 4.78 is 11.6. The van der Waals surface area contributed by atoms with E-state index in [9.17, 15) is 4.79 Å². The van der Waals surface area contributed by atoms with E-state index in [1.807, 2.05) is 31.9 Å².